The van der Waals surface area contributed by atoms with Gasteiger partial charge in [-0.15, -0.1) is 11.3 Å². The normalized spacial score (nSPS) is 15.3. The number of carbonyl (C=O) groups excluding carboxylic acids is 1. The minimum atomic E-state index is -0.802. The Hall–Kier alpha value is -1.56. The fraction of sp³-hybridized carbons (Fsp3) is 0.455. The topological polar surface area (TPSA) is 87.7 Å². The van der Waals surface area contributed by atoms with Crippen LogP contribution < -0.4 is 11.1 Å². The Bertz CT molecular complexity index is 403. The molecule has 0 aliphatic rings. The van der Waals surface area contributed by atoms with Crippen LogP contribution in [0.3, 0.4) is 0 Å². The zero-order valence-electron chi connectivity index (χ0n) is 9.93. The first-order chi connectivity index (χ1) is 8.01. The molecule has 0 radical (unpaired) electrons. The summed E-state index contributed by atoms with van der Waals surface area (Å²) in [5, 5.41) is 16.4. The minimum Gasteiger partial charge on any atom is -0.409 e. The molecule has 0 saturated heterocycles. The molecule has 0 fully saturated rings. The first kappa shape index (κ1) is 13.5. The number of carbonyl (C=O) groups is 1. The molecule has 1 unspecified atom stereocenters. The number of amides is 1. The molecule has 0 bridgehead atoms. The summed E-state index contributed by atoms with van der Waals surface area (Å²) in [5.74, 6) is -0.122. The molecular weight excluding hydrogens is 238 g/mol. The van der Waals surface area contributed by atoms with Crippen LogP contribution in [0.1, 0.15) is 25.1 Å². The van der Waals surface area contributed by atoms with Crippen LogP contribution in [0.5, 0.6) is 0 Å². The number of nitrogens with zero attached hydrogens (tertiary/aromatic N) is 1. The van der Waals surface area contributed by atoms with E-state index in [1.54, 1.807) is 6.92 Å². The number of oxime groups is 1. The van der Waals surface area contributed by atoms with Crippen LogP contribution in [0.4, 0.5) is 0 Å². The molecule has 0 spiro atoms. The van der Waals surface area contributed by atoms with Crippen LogP contribution in [0.2, 0.25) is 0 Å². The molecule has 17 heavy (non-hydrogen) atoms. The van der Waals surface area contributed by atoms with Crippen molar-refractivity contribution >= 4 is 23.1 Å². The van der Waals surface area contributed by atoms with E-state index in [1.165, 1.54) is 11.3 Å². The van der Waals surface area contributed by atoms with Gasteiger partial charge in [0.1, 0.15) is 0 Å². The molecule has 0 saturated carbocycles. The van der Waals surface area contributed by atoms with Crippen molar-refractivity contribution < 1.29 is 10.0 Å². The van der Waals surface area contributed by atoms with E-state index >= 15 is 0 Å². The van der Waals surface area contributed by atoms with Gasteiger partial charge in [0.2, 0.25) is 5.91 Å². The lowest BCUT2D eigenvalue weighted by molar-refractivity contribution is -0.121. The number of hydrogen-bond donors (Lipinski definition) is 3. The van der Waals surface area contributed by atoms with Gasteiger partial charge in [-0.1, -0.05) is 18.1 Å². The summed E-state index contributed by atoms with van der Waals surface area (Å²) in [6.45, 7) is 3.60. The average Bonchev–Trinajstić information content (AvgIpc) is 2.80. The summed E-state index contributed by atoms with van der Waals surface area (Å²) in [7, 11) is 0. The molecule has 0 aliphatic heterocycles. The van der Waals surface area contributed by atoms with E-state index in [0.717, 1.165) is 4.88 Å². The maximum Gasteiger partial charge on any atom is 0.226 e. The number of nitrogens with one attached hydrogen (secondary N) is 1. The van der Waals surface area contributed by atoms with Crippen molar-refractivity contribution in [1.82, 2.24) is 5.32 Å². The molecule has 1 atom stereocenters. The highest BCUT2D eigenvalue weighted by atomic mass is 32.1. The molecule has 0 aromatic carbocycles. The van der Waals surface area contributed by atoms with E-state index in [0.29, 0.717) is 12.8 Å². The number of thiophene rings is 1. The zero-order chi connectivity index (χ0) is 12.9. The Kier molecular flexibility index (Phi) is 4.51. The molecule has 0 aliphatic carbocycles. The predicted molar refractivity (Wildman–Crippen MR) is 68.3 cm³/mol. The Morgan fingerprint density at radius 2 is 2.41 bits per heavy atom. The fourth-order valence-electron chi connectivity index (χ4n) is 1.37. The van der Waals surface area contributed by atoms with Gasteiger partial charge < -0.3 is 16.3 Å². The molecule has 1 aromatic heterocycles. The lowest BCUT2D eigenvalue weighted by atomic mass is 9.97. The van der Waals surface area contributed by atoms with Gasteiger partial charge in [0.25, 0.3) is 0 Å². The van der Waals surface area contributed by atoms with Crippen LogP contribution in [-0.2, 0) is 11.2 Å². The van der Waals surface area contributed by atoms with Gasteiger partial charge in [-0.25, -0.2) is 0 Å². The van der Waals surface area contributed by atoms with E-state index < -0.39 is 5.54 Å². The van der Waals surface area contributed by atoms with Gasteiger partial charge >= 0.3 is 0 Å². The summed E-state index contributed by atoms with van der Waals surface area (Å²) >= 11 is 1.53. The molecule has 94 valence electrons. The highest BCUT2D eigenvalue weighted by molar-refractivity contribution is 7.10. The Morgan fingerprint density at radius 3 is 2.88 bits per heavy atom. The third-order valence-electron chi connectivity index (χ3n) is 2.71. The number of nitrogens with two attached hydrogens (primary N) is 1. The van der Waals surface area contributed by atoms with Crippen molar-refractivity contribution in [2.45, 2.75) is 32.2 Å². The van der Waals surface area contributed by atoms with Crippen LogP contribution >= 0.6 is 11.3 Å². The summed E-state index contributed by atoms with van der Waals surface area (Å²) in [6, 6.07) is 3.80. The van der Waals surface area contributed by atoms with Crippen LogP contribution in [0.25, 0.3) is 0 Å². The second kappa shape index (κ2) is 5.67. The quantitative estimate of drug-likeness (QED) is 0.321. The maximum atomic E-state index is 11.8. The molecule has 6 heteroatoms. The van der Waals surface area contributed by atoms with Gasteiger partial charge in [-0.2, -0.15) is 0 Å². The highest BCUT2D eigenvalue weighted by Gasteiger charge is 2.29. The molecule has 1 amide bonds. The minimum absolute atomic E-state index is 0.0135. The van der Waals surface area contributed by atoms with Crippen LogP contribution in [0, 0.1) is 0 Å². The standard InChI is InChI=1S/C11H17N3O2S/c1-3-11(2,10(12)14-16)13-9(15)7-8-5-4-6-17-8/h4-6,16H,3,7H2,1-2H3,(H2,12,14)(H,13,15). The van der Waals surface area contributed by atoms with E-state index in [2.05, 4.69) is 10.5 Å². The van der Waals surface area contributed by atoms with E-state index in [9.17, 15) is 4.79 Å². The molecule has 1 rings (SSSR count). The lowest BCUT2D eigenvalue weighted by Gasteiger charge is -2.27. The van der Waals surface area contributed by atoms with Crippen molar-refractivity contribution in [3.63, 3.8) is 0 Å². The maximum absolute atomic E-state index is 11.8. The van der Waals surface area contributed by atoms with E-state index in [-0.39, 0.29) is 11.7 Å². The third kappa shape index (κ3) is 3.45. The van der Waals surface area contributed by atoms with E-state index in [4.69, 9.17) is 10.9 Å². The van der Waals surface area contributed by atoms with Gasteiger partial charge in [0.05, 0.1) is 12.0 Å². The summed E-state index contributed by atoms with van der Waals surface area (Å²) in [6.07, 6.45) is 0.866. The van der Waals surface area contributed by atoms with Crippen LogP contribution in [-0.4, -0.2) is 22.5 Å². The molecule has 1 heterocycles. The first-order valence-corrected chi connectivity index (χ1v) is 6.21. The smallest absolute Gasteiger partial charge is 0.226 e. The van der Waals surface area contributed by atoms with E-state index in [1.807, 2.05) is 24.4 Å². The third-order valence-corrected chi connectivity index (χ3v) is 3.59. The summed E-state index contributed by atoms with van der Waals surface area (Å²) in [5.41, 5.74) is 4.77. The molecule has 5 nitrogen and oxygen atoms in total. The first-order valence-electron chi connectivity index (χ1n) is 5.33. The second-order valence-corrected chi connectivity index (χ2v) is 5.01. The fourth-order valence-corrected chi connectivity index (χ4v) is 2.07. The summed E-state index contributed by atoms with van der Waals surface area (Å²) < 4.78 is 0. The van der Waals surface area contributed by atoms with Crippen molar-refractivity contribution in [3.05, 3.63) is 22.4 Å². The highest BCUT2D eigenvalue weighted by Crippen LogP contribution is 2.12. The Labute approximate surface area is 104 Å². The number of rotatable bonds is 5. The van der Waals surface area contributed by atoms with Crippen LogP contribution in [0.15, 0.2) is 22.7 Å². The van der Waals surface area contributed by atoms with Gasteiger partial charge in [-0.05, 0) is 24.8 Å². The second-order valence-electron chi connectivity index (χ2n) is 3.98. The van der Waals surface area contributed by atoms with Crippen molar-refractivity contribution in [3.8, 4) is 0 Å². The Balaban J connectivity index is 2.66. The SMILES string of the molecule is CCC(C)(NC(=O)Cc1cccs1)/C(N)=N/O. The van der Waals surface area contributed by atoms with Gasteiger partial charge in [0, 0.05) is 4.88 Å². The zero-order valence-corrected chi connectivity index (χ0v) is 10.8. The van der Waals surface area contributed by atoms with Crippen molar-refractivity contribution in [1.29, 1.82) is 0 Å². The summed E-state index contributed by atoms with van der Waals surface area (Å²) in [4.78, 5) is 12.8. The molecule has 1 aromatic rings. The largest absolute Gasteiger partial charge is 0.409 e. The Morgan fingerprint density at radius 1 is 1.71 bits per heavy atom. The average molecular weight is 255 g/mol. The lowest BCUT2D eigenvalue weighted by Crippen LogP contribution is -2.55. The van der Waals surface area contributed by atoms with Gasteiger partial charge in [-0.3, -0.25) is 4.79 Å². The number of amidine groups is 1. The monoisotopic (exact) mass is 255 g/mol. The molecule has 4 N–H and O–H groups in total. The number of hydrogen-bond acceptors (Lipinski definition) is 4. The van der Waals surface area contributed by atoms with Gasteiger partial charge in [0.15, 0.2) is 5.84 Å². The molecular formula is C11H17N3O2S. The van der Waals surface area contributed by atoms with Crippen molar-refractivity contribution in [2.75, 3.05) is 0 Å². The predicted octanol–water partition coefficient (Wildman–Crippen LogP) is 1.32. The van der Waals surface area contributed by atoms with Crippen molar-refractivity contribution in [2.24, 2.45) is 10.9 Å².